The monoisotopic (exact) mass is 357 g/mol. The first kappa shape index (κ1) is 17.8. The Balaban J connectivity index is 1.61. The van der Waals surface area contributed by atoms with Crippen molar-refractivity contribution in [3.05, 3.63) is 69.9 Å². The summed E-state index contributed by atoms with van der Waals surface area (Å²) >= 11 is 0. The van der Waals surface area contributed by atoms with E-state index in [1.165, 1.54) is 18.2 Å². The van der Waals surface area contributed by atoms with Crippen LogP contribution in [0.25, 0.3) is 0 Å². The van der Waals surface area contributed by atoms with Gasteiger partial charge >= 0.3 is 0 Å². The normalized spacial score (nSPS) is 14.8. The fourth-order valence-corrected chi connectivity index (χ4v) is 3.05. The van der Waals surface area contributed by atoms with Crippen LogP contribution in [0.5, 0.6) is 0 Å². The van der Waals surface area contributed by atoms with E-state index in [0.29, 0.717) is 38.2 Å². The minimum atomic E-state index is -0.361. The molecule has 7 heteroatoms. The Hall–Kier alpha value is -2.96. The lowest BCUT2D eigenvalue weighted by Gasteiger charge is -2.22. The third-order valence-electron chi connectivity index (χ3n) is 4.38. The standard InChI is InChI=1S/C19H20FN3O3/c20-15-5-1-4-14(12-15)13-18(25)22-8-3-9-23(11-10-22)19(26)16-6-2-7-17(24)21-16/h1-2,4-7,12H,3,8-11,13H2,(H,21,24). The number of pyridine rings is 1. The van der Waals surface area contributed by atoms with Gasteiger partial charge in [0.25, 0.3) is 5.91 Å². The fourth-order valence-electron chi connectivity index (χ4n) is 3.05. The lowest BCUT2D eigenvalue weighted by atomic mass is 10.1. The van der Waals surface area contributed by atoms with Crippen molar-refractivity contribution in [2.45, 2.75) is 12.8 Å². The van der Waals surface area contributed by atoms with Crippen molar-refractivity contribution in [2.75, 3.05) is 26.2 Å². The van der Waals surface area contributed by atoms with Crippen molar-refractivity contribution in [1.82, 2.24) is 14.8 Å². The van der Waals surface area contributed by atoms with Crippen molar-refractivity contribution in [2.24, 2.45) is 0 Å². The van der Waals surface area contributed by atoms with Crippen LogP contribution in [0.3, 0.4) is 0 Å². The molecule has 1 fully saturated rings. The molecule has 26 heavy (non-hydrogen) atoms. The maximum atomic E-state index is 13.3. The molecule has 0 spiro atoms. The van der Waals surface area contributed by atoms with Gasteiger partial charge in [0.05, 0.1) is 6.42 Å². The maximum absolute atomic E-state index is 13.3. The first-order valence-corrected chi connectivity index (χ1v) is 8.54. The molecule has 2 heterocycles. The van der Waals surface area contributed by atoms with Gasteiger partial charge in [-0.3, -0.25) is 14.4 Å². The Morgan fingerprint density at radius 2 is 1.73 bits per heavy atom. The molecule has 1 N–H and O–H groups in total. The van der Waals surface area contributed by atoms with Crippen molar-refractivity contribution in [1.29, 1.82) is 0 Å². The molecular weight excluding hydrogens is 337 g/mol. The summed E-state index contributed by atoms with van der Waals surface area (Å²) in [6.07, 6.45) is 0.787. The van der Waals surface area contributed by atoms with E-state index in [1.54, 1.807) is 34.1 Å². The highest BCUT2D eigenvalue weighted by Crippen LogP contribution is 2.10. The number of H-pyrrole nitrogens is 1. The van der Waals surface area contributed by atoms with Gasteiger partial charge in [0.2, 0.25) is 11.5 Å². The minimum Gasteiger partial charge on any atom is -0.341 e. The van der Waals surface area contributed by atoms with Crippen LogP contribution in [0.2, 0.25) is 0 Å². The molecule has 0 saturated carbocycles. The summed E-state index contributed by atoms with van der Waals surface area (Å²) in [6, 6.07) is 10.5. The van der Waals surface area contributed by atoms with Crippen LogP contribution in [0, 0.1) is 5.82 Å². The average molecular weight is 357 g/mol. The van der Waals surface area contributed by atoms with Gasteiger partial charge in [-0.05, 0) is 30.2 Å². The summed E-state index contributed by atoms with van der Waals surface area (Å²) in [5, 5.41) is 0. The van der Waals surface area contributed by atoms with Crippen molar-refractivity contribution in [3.63, 3.8) is 0 Å². The number of benzene rings is 1. The van der Waals surface area contributed by atoms with E-state index in [0.717, 1.165) is 0 Å². The molecule has 0 radical (unpaired) electrons. The Morgan fingerprint density at radius 1 is 1.00 bits per heavy atom. The average Bonchev–Trinajstić information content (AvgIpc) is 2.87. The maximum Gasteiger partial charge on any atom is 0.270 e. The Labute approximate surface area is 150 Å². The number of hydrogen-bond donors (Lipinski definition) is 1. The van der Waals surface area contributed by atoms with Crippen LogP contribution in [-0.4, -0.2) is 52.8 Å². The van der Waals surface area contributed by atoms with Crippen molar-refractivity contribution in [3.8, 4) is 0 Å². The number of carbonyl (C=O) groups excluding carboxylic acids is 2. The SMILES string of the molecule is O=C(Cc1cccc(F)c1)N1CCCN(C(=O)c2cccc(=O)[nH]2)CC1. The molecular formula is C19H20FN3O3. The summed E-state index contributed by atoms with van der Waals surface area (Å²) in [6.45, 7) is 1.87. The molecule has 2 amide bonds. The molecule has 1 saturated heterocycles. The van der Waals surface area contributed by atoms with Crippen molar-refractivity contribution >= 4 is 11.8 Å². The lowest BCUT2D eigenvalue weighted by molar-refractivity contribution is -0.130. The van der Waals surface area contributed by atoms with E-state index in [9.17, 15) is 18.8 Å². The zero-order valence-electron chi connectivity index (χ0n) is 14.3. The highest BCUT2D eigenvalue weighted by Gasteiger charge is 2.23. The van der Waals surface area contributed by atoms with E-state index in [-0.39, 0.29) is 35.3 Å². The number of nitrogens with zero attached hydrogens (tertiary/aromatic N) is 2. The highest BCUT2D eigenvalue weighted by atomic mass is 19.1. The molecule has 1 aliphatic rings. The van der Waals surface area contributed by atoms with Crippen LogP contribution in [0.15, 0.2) is 47.3 Å². The number of carbonyl (C=O) groups is 2. The molecule has 1 aromatic carbocycles. The molecule has 0 bridgehead atoms. The number of aromatic nitrogens is 1. The number of halogens is 1. The predicted octanol–water partition coefficient (Wildman–Crippen LogP) is 1.43. The molecule has 0 atom stereocenters. The van der Waals surface area contributed by atoms with E-state index in [1.807, 2.05) is 0 Å². The molecule has 0 unspecified atom stereocenters. The third-order valence-corrected chi connectivity index (χ3v) is 4.38. The first-order valence-electron chi connectivity index (χ1n) is 8.54. The molecule has 3 rings (SSSR count). The summed E-state index contributed by atoms with van der Waals surface area (Å²) in [4.78, 5) is 42.2. The Bertz CT molecular complexity index is 865. The number of rotatable bonds is 3. The van der Waals surface area contributed by atoms with Gasteiger partial charge in [-0.2, -0.15) is 0 Å². The largest absolute Gasteiger partial charge is 0.341 e. The van der Waals surface area contributed by atoms with E-state index >= 15 is 0 Å². The van der Waals surface area contributed by atoms with E-state index in [2.05, 4.69) is 4.98 Å². The zero-order valence-corrected chi connectivity index (χ0v) is 14.3. The van der Waals surface area contributed by atoms with E-state index in [4.69, 9.17) is 0 Å². The lowest BCUT2D eigenvalue weighted by Crippen LogP contribution is -2.38. The summed E-state index contributed by atoms with van der Waals surface area (Å²) in [7, 11) is 0. The highest BCUT2D eigenvalue weighted by molar-refractivity contribution is 5.92. The Kier molecular flexibility index (Phi) is 5.46. The van der Waals surface area contributed by atoms with Gasteiger partial charge in [-0.1, -0.05) is 18.2 Å². The summed E-state index contributed by atoms with van der Waals surface area (Å²) < 4.78 is 13.3. The predicted molar refractivity (Wildman–Crippen MR) is 94.3 cm³/mol. The van der Waals surface area contributed by atoms with Crippen LogP contribution in [0.4, 0.5) is 4.39 Å². The molecule has 1 aliphatic heterocycles. The third kappa shape index (κ3) is 4.36. The number of amides is 2. The summed E-state index contributed by atoms with van der Waals surface area (Å²) in [5.41, 5.74) is 0.559. The number of hydrogen-bond acceptors (Lipinski definition) is 3. The van der Waals surface area contributed by atoms with Gasteiger partial charge in [0.1, 0.15) is 11.5 Å². The smallest absolute Gasteiger partial charge is 0.270 e. The van der Waals surface area contributed by atoms with Crippen LogP contribution >= 0.6 is 0 Å². The van der Waals surface area contributed by atoms with Gasteiger partial charge in [0, 0.05) is 32.2 Å². The minimum absolute atomic E-state index is 0.0852. The number of nitrogens with one attached hydrogen (secondary N) is 1. The van der Waals surface area contributed by atoms with E-state index < -0.39 is 0 Å². The number of aromatic amines is 1. The van der Waals surface area contributed by atoms with Gasteiger partial charge in [-0.15, -0.1) is 0 Å². The first-order chi connectivity index (χ1) is 12.5. The van der Waals surface area contributed by atoms with Gasteiger partial charge in [0.15, 0.2) is 0 Å². The second kappa shape index (κ2) is 7.95. The molecule has 1 aromatic heterocycles. The quantitative estimate of drug-likeness (QED) is 0.903. The topological polar surface area (TPSA) is 73.5 Å². The van der Waals surface area contributed by atoms with Crippen LogP contribution in [0.1, 0.15) is 22.5 Å². The fraction of sp³-hybridized carbons (Fsp3) is 0.316. The molecule has 6 nitrogen and oxygen atoms in total. The molecule has 2 aromatic rings. The summed E-state index contributed by atoms with van der Waals surface area (Å²) in [5.74, 6) is -0.695. The second-order valence-electron chi connectivity index (χ2n) is 6.26. The molecule has 0 aliphatic carbocycles. The van der Waals surface area contributed by atoms with Crippen LogP contribution < -0.4 is 5.56 Å². The van der Waals surface area contributed by atoms with Crippen molar-refractivity contribution < 1.29 is 14.0 Å². The van der Waals surface area contributed by atoms with Crippen LogP contribution in [-0.2, 0) is 11.2 Å². The molecule has 136 valence electrons. The zero-order chi connectivity index (χ0) is 18.5. The Morgan fingerprint density at radius 3 is 2.50 bits per heavy atom. The van der Waals surface area contributed by atoms with Gasteiger partial charge < -0.3 is 14.8 Å². The van der Waals surface area contributed by atoms with Gasteiger partial charge in [-0.25, -0.2) is 4.39 Å². The second-order valence-corrected chi connectivity index (χ2v) is 6.26.